The van der Waals surface area contributed by atoms with Gasteiger partial charge in [-0.1, -0.05) is 30.3 Å². The van der Waals surface area contributed by atoms with Crippen LogP contribution in [-0.2, 0) is 17.8 Å². The first-order valence-electron chi connectivity index (χ1n) is 8.30. The molecule has 0 spiro atoms. The summed E-state index contributed by atoms with van der Waals surface area (Å²) in [6, 6.07) is 17.5. The van der Waals surface area contributed by atoms with Crippen molar-refractivity contribution in [3.8, 4) is 6.07 Å². The average molecular weight is 327 g/mol. The van der Waals surface area contributed by atoms with Crippen molar-refractivity contribution in [1.82, 2.24) is 9.88 Å². The Kier molecular flexibility index (Phi) is 3.83. The maximum atomic E-state index is 12.5. The number of carbonyl (C=O) groups excluding carboxylic acids is 1. The van der Waals surface area contributed by atoms with E-state index in [1.54, 1.807) is 24.3 Å². The zero-order valence-corrected chi connectivity index (χ0v) is 13.7. The molecule has 1 aliphatic heterocycles. The number of aromatic amines is 1. The maximum Gasteiger partial charge on any atom is 0.246 e. The summed E-state index contributed by atoms with van der Waals surface area (Å²) in [5, 5.41) is 10.0. The second kappa shape index (κ2) is 6.29. The minimum Gasteiger partial charge on any atom is -0.358 e. The Morgan fingerprint density at radius 2 is 1.96 bits per heavy atom. The Morgan fingerprint density at radius 1 is 1.16 bits per heavy atom. The van der Waals surface area contributed by atoms with E-state index >= 15 is 0 Å². The van der Waals surface area contributed by atoms with Gasteiger partial charge in [0.25, 0.3) is 0 Å². The summed E-state index contributed by atoms with van der Waals surface area (Å²) in [6.07, 6.45) is 4.26. The van der Waals surface area contributed by atoms with Crippen LogP contribution in [0.1, 0.15) is 22.4 Å². The van der Waals surface area contributed by atoms with Crippen molar-refractivity contribution >= 4 is 22.9 Å². The van der Waals surface area contributed by atoms with Crippen LogP contribution in [0, 0.1) is 11.3 Å². The number of fused-ring (bicyclic) bond motifs is 3. The highest BCUT2D eigenvalue weighted by molar-refractivity contribution is 5.93. The number of hydrogen-bond donors (Lipinski definition) is 1. The number of rotatable bonds is 2. The van der Waals surface area contributed by atoms with Gasteiger partial charge in [-0.25, -0.2) is 0 Å². The Balaban J connectivity index is 1.51. The molecule has 1 aliphatic rings. The first kappa shape index (κ1) is 15.2. The normalized spacial score (nSPS) is 13.8. The zero-order valence-electron chi connectivity index (χ0n) is 13.7. The smallest absolute Gasteiger partial charge is 0.246 e. The molecule has 2 aromatic carbocycles. The summed E-state index contributed by atoms with van der Waals surface area (Å²) in [4.78, 5) is 17.9. The molecule has 1 amide bonds. The van der Waals surface area contributed by atoms with Crippen LogP contribution in [0.25, 0.3) is 17.0 Å². The van der Waals surface area contributed by atoms with Crippen LogP contribution in [0.2, 0.25) is 0 Å². The summed E-state index contributed by atoms with van der Waals surface area (Å²) in [7, 11) is 0. The topological polar surface area (TPSA) is 59.9 Å². The third kappa shape index (κ3) is 2.92. The molecular weight excluding hydrogens is 310 g/mol. The number of nitrogens with one attached hydrogen (secondary N) is 1. The standard InChI is InChI=1S/C21H17N3O/c22-13-16-7-5-15(6-8-16)9-10-21(25)24-12-11-20-18(14-24)17-3-1-2-4-19(17)23-20/h1-10,23H,11-12,14H2/b10-9+. The molecule has 0 atom stereocenters. The molecule has 2 heterocycles. The van der Waals surface area contributed by atoms with Crippen LogP contribution < -0.4 is 0 Å². The van der Waals surface area contributed by atoms with Crippen molar-refractivity contribution in [3.63, 3.8) is 0 Å². The number of carbonyl (C=O) groups is 1. The summed E-state index contributed by atoms with van der Waals surface area (Å²) < 4.78 is 0. The number of nitriles is 1. The fourth-order valence-electron chi connectivity index (χ4n) is 3.30. The molecule has 0 unspecified atom stereocenters. The van der Waals surface area contributed by atoms with Crippen molar-refractivity contribution in [2.45, 2.75) is 13.0 Å². The van der Waals surface area contributed by atoms with Gasteiger partial charge in [-0.2, -0.15) is 5.26 Å². The average Bonchev–Trinajstić information content (AvgIpc) is 3.04. The molecule has 4 heteroatoms. The molecule has 0 fully saturated rings. The number of aromatic nitrogens is 1. The molecule has 0 bridgehead atoms. The first-order chi connectivity index (χ1) is 12.2. The largest absolute Gasteiger partial charge is 0.358 e. The monoisotopic (exact) mass is 327 g/mol. The zero-order chi connectivity index (χ0) is 17.2. The van der Waals surface area contributed by atoms with E-state index in [1.165, 1.54) is 16.6 Å². The van der Waals surface area contributed by atoms with E-state index in [0.29, 0.717) is 12.1 Å². The van der Waals surface area contributed by atoms with E-state index in [9.17, 15) is 4.79 Å². The number of H-pyrrole nitrogens is 1. The van der Waals surface area contributed by atoms with Crippen molar-refractivity contribution in [1.29, 1.82) is 5.26 Å². The number of amides is 1. The van der Waals surface area contributed by atoms with Crippen LogP contribution in [0.3, 0.4) is 0 Å². The molecule has 0 saturated carbocycles. The van der Waals surface area contributed by atoms with Crippen LogP contribution in [-0.4, -0.2) is 22.3 Å². The highest BCUT2D eigenvalue weighted by Gasteiger charge is 2.22. The van der Waals surface area contributed by atoms with Gasteiger partial charge in [0, 0.05) is 47.7 Å². The van der Waals surface area contributed by atoms with Gasteiger partial charge >= 0.3 is 0 Å². The van der Waals surface area contributed by atoms with Gasteiger partial charge < -0.3 is 9.88 Å². The van der Waals surface area contributed by atoms with Gasteiger partial charge in [0.05, 0.1) is 11.6 Å². The number of para-hydroxylation sites is 1. The van der Waals surface area contributed by atoms with E-state index in [4.69, 9.17) is 5.26 Å². The first-order valence-corrected chi connectivity index (χ1v) is 8.30. The van der Waals surface area contributed by atoms with E-state index in [2.05, 4.69) is 23.2 Å². The van der Waals surface area contributed by atoms with Crippen molar-refractivity contribution in [2.24, 2.45) is 0 Å². The third-order valence-corrected chi connectivity index (χ3v) is 4.65. The molecule has 4 rings (SSSR count). The van der Waals surface area contributed by atoms with Gasteiger partial charge in [-0.15, -0.1) is 0 Å². The minimum atomic E-state index is 0.0142. The minimum absolute atomic E-state index is 0.0142. The van der Waals surface area contributed by atoms with Gasteiger partial charge in [0.15, 0.2) is 0 Å². The van der Waals surface area contributed by atoms with E-state index in [1.807, 2.05) is 29.2 Å². The highest BCUT2D eigenvalue weighted by Crippen LogP contribution is 2.27. The Labute approximate surface area is 146 Å². The molecule has 0 saturated heterocycles. The molecule has 0 radical (unpaired) electrons. The molecule has 3 aromatic rings. The Morgan fingerprint density at radius 3 is 2.76 bits per heavy atom. The second-order valence-electron chi connectivity index (χ2n) is 6.20. The van der Waals surface area contributed by atoms with Crippen LogP contribution >= 0.6 is 0 Å². The van der Waals surface area contributed by atoms with Crippen LogP contribution in [0.15, 0.2) is 54.6 Å². The third-order valence-electron chi connectivity index (χ3n) is 4.65. The number of benzene rings is 2. The van der Waals surface area contributed by atoms with Gasteiger partial charge in [-0.3, -0.25) is 4.79 Å². The van der Waals surface area contributed by atoms with E-state index < -0.39 is 0 Å². The quantitative estimate of drug-likeness (QED) is 0.731. The molecular formula is C21H17N3O. The van der Waals surface area contributed by atoms with Gasteiger partial charge in [0.2, 0.25) is 5.91 Å². The lowest BCUT2D eigenvalue weighted by Gasteiger charge is -2.26. The lowest BCUT2D eigenvalue weighted by atomic mass is 10.0. The molecule has 1 N–H and O–H groups in total. The molecule has 0 aliphatic carbocycles. The second-order valence-corrected chi connectivity index (χ2v) is 6.20. The molecule has 122 valence electrons. The summed E-state index contributed by atoms with van der Waals surface area (Å²) >= 11 is 0. The van der Waals surface area contributed by atoms with E-state index in [0.717, 1.165) is 24.0 Å². The van der Waals surface area contributed by atoms with Gasteiger partial charge in [-0.05, 0) is 29.8 Å². The lowest BCUT2D eigenvalue weighted by molar-refractivity contribution is -0.126. The van der Waals surface area contributed by atoms with Crippen LogP contribution in [0.4, 0.5) is 0 Å². The summed E-state index contributed by atoms with van der Waals surface area (Å²) in [6.45, 7) is 1.35. The Hall–Kier alpha value is -3.32. The van der Waals surface area contributed by atoms with Crippen molar-refractivity contribution < 1.29 is 4.79 Å². The maximum absolute atomic E-state index is 12.5. The fraction of sp³-hybridized carbons (Fsp3) is 0.143. The SMILES string of the molecule is N#Cc1ccc(/C=C/C(=O)N2CCc3[nH]c4ccccc4c3C2)cc1. The number of hydrogen-bond acceptors (Lipinski definition) is 2. The highest BCUT2D eigenvalue weighted by atomic mass is 16.2. The summed E-state index contributed by atoms with van der Waals surface area (Å²) in [5.41, 5.74) is 5.13. The lowest BCUT2D eigenvalue weighted by Crippen LogP contribution is -2.34. The summed E-state index contributed by atoms with van der Waals surface area (Å²) in [5.74, 6) is 0.0142. The fourth-order valence-corrected chi connectivity index (χ4v) is 3.30. The molecule has 25 heavy (non-hydrogen) atoms. The predicted octanol–water partition coefficient (Wildman–Crippen LogP) is 3.64. The van der Waals surface area contributed by atoms with Gasteiger partial charge in [0.1, 0.15) is 0 Å². The Bertz CT molecular complexity index is 1010. The molecule has 1 aromatic heterocycles. The molecule has 4 nitrogen and oxygen atoms in total. The number of nitrogens with zero attached hydrogens (tertiary/aromatic N) is 2. The van der Waals surface area contributed by atoms with Crippen LogP contribution in [0.5, 0.6) is 0 Å². The van der Waals surface area contributed by atoms with Crippen molar-refractivity contribution in [2.75, 3.05) is 6.54 Å². The predicted molar refractivity (Wildman–Crippen MR) is 97.6 cm³/mol. The van der Waals surface area contributed by atoms with E-state index in [-0.39, 0.29) is 5.91 Å². The van der Waals surface area contributed by atoms with Crippen molar-refractivity contribution in [3.05, 3.63) is 77.0 Å².